The minimum Gasteiger partial charge on any atom is -0.456 e. The summed E-state index contributed by atoms with van der Waals surface area (Å²) in [5, 5.41) is 4.84. The normalized spacial score (nSPS) is 11.0. The lowest BCUT2D eigenvalue weighted by Crippen LogP contribution is -2.16. The van der Waals surface area contributed by atoms with E-state index in [0.29, 0.717) is 34.4 Å². The molecule has 0 unspecified atom stereocenters. The molecule has 0 spiro atoms. The van der Waals surface area contributed by atoms with Crippen LogP contribution in [0.5, 0.6) is 0 Å². The Bertz CT molecular complexity index is 947. The van der Waals surface area contributed by atoms with Crippen LogP contribution in [-0.4, -0.2) is 27.2 Å². The van der Waals surface area contributed by atoms with Crippen molar-refractivity contribution in [2.45, 2.75) is 27.1 Å². The SMILES string of the molecule is CCOCc1nn2c(=O)cc(COC(=O)c3ccc(C)cc3)nc2s1. The molecule has 0 bridgehead atoms. The summed E-state index contributed by atoms with van der Waals surface area (Å²) in [6, 6.07) is 8.40. The second kappa shape index (κ2) is 7.54. The van der Waals surface area contributed by atoms with Crippen molar-refractivity contribution in [3.05, 3.63) is 62.5 Å². The first-order valence-electron chi connectivity index (χ1n) is 7.77. The number of rotatable bonds is 6. The topological polar surface area (TPSA) is 82.8 Å². The summed E-state index contributed by atoms with van der Waals surface area (Å²) < 4.78 is 11.8. The molecule has 0 amide bonds. The molecule has 1 aromatic carbocycles. The first-order chi connectivity index (χ1) is 12.1. The van der Waals surface area contributed by atoms with Crippen LogP contribution in [0, 0.1) is 6.92 Å². The summed E-state index contributed by atoms with van der Waals surface area (Å²) >= 11 is 1.27. The number of carbonyl (C=O) groups excluding carboxylic acids is 1. The maximum atomic E-state index is 12.1. The number of nitrogens with zero attached hydrogens (tertiary/aromatic N) is 3. The first-order valence-corrected chi connectivity index (χ1v) is 8.58. The highest BCUT2D eigenvalue weighted by Gasteiger charge is 2.12. The van der Waals surface area contributed by atoms with E-state index in [4.69, 9.17) is 9.47 Å². The van der Waals surface area contributed by atoms with Crippen LogP contribution in [0.15, 0.2) is 35.1 Å². The lowest BCUT2D eigenvalue weighted by molar-refractivity contribution is 0.0467. The Morgan fingerprint density at radius 2 is 2.00 bits per heavy atom. The molecule has 0 radical (unpaired) electrons. The molecule has 0 fully saturated rings. The zero-order valence-corrected chi connectivity index (χ0v) is 14.7. The van der Waals surface area contributed by atoms with Gasteiger partial charge in [-0.15, -0.1) is 0 Å². The highest BCUT2D eigenvalue weighted by atomic mass is 32.1. The molecule has 0 aliphatic heterocycles. The zero-order chi connectivity index (χ0) is 17.8. The molecule has 0 aliphatic carbocycles. The molecule has 0 saturated heterocycles. The largest absolute Gasteiger partial charge is 0.456 e. The third-order valence-electron chi connectivity index (χ3n) is 3.41. The average Bonchev–Trinajstić information content (AvgIpc) is 3.02. The van der Waals surface area contributed by atoms with Crippen molar-refractivity contribution in [2.24, 2.45) is 0 Å². The van der Waals surface area contributed by atoms with Gasteiger partial charge >= 0.3 is 5.97 Å². The zero-order valence-electron chi connectivity index (χ0n) is 13.9. The van der Waals surface area contributed by atoms with Gasteiger partial charge in [0.05, 0.1) is 11.3 Å². The second-order valence-electron chi connectivity index (χ2n) is 5.36. The lowest BCUT2D eigenvalue weighted by atomic mass is 10.1. The summed E-state index contributed by atoms with van der Waals surface area (Å²) in [5.74, 6) is -0.455. The summed E-state index contributed by atoms with van der Waals surface area (Å²) in [4.78, 5) is 28.9. The molecule has 7 nitrogen and oxygen atoms in total. The number of aromatic nitrogens is 3. The molecular weight excluding hydrogens is 342 g/mol. The summed E-state index contributed by atoms with van der Waals surface area (Å²) in [7, 11) is 0. The molecular formula is C17H17N3O4S. The van der Waals surface area contributed by atoms with Gasteiger partial charge in [0.25, 0.3) is 5.56 Å². The van der Waals surface area contributed by atoms with Crippen LogP contribution in [0.1, 0.15) is 33.5 Å². The van der Waals surface area contributed by atoms with E-state index in [1.54, 1.807) is 12.1 Å². The van der Waals surface area contributed by atoms with E-state index in [9.17, 15) is 9.59 Å². The van der Waals surface area contributed by atoms with Crippen LogP contribution in [0.3, 0.4) is 0 Å². The van der Waals surface area contributed by atoms with Gasteiger partial charge in [0.2, 0.25) is 4.96 Å². The van der Waals surface area contributed by atoms with E-state index < -0.39 is 5.97 Å². The summed E-state index contributed by atoms with van der Waals surface area (Å²) in [5.41, 5.74) is 1.59. The highest BCUT2D eigenvalue weighted by molar-refractivity contribution is 7.16. The fraction of sp³-hybridized carbons (Fsp3) is 0.294. The monoisotopic (exact) mass is 359 g/mol. The predicted octanol–water partition coefficient (Wildman–Crippen LogP) is 2.35. The van der Waals surface area contributed by atoms with Gasteiger partial charge in [-0.1, -0.05) is 29.0 Å². The molecule has 0 N–H and O–H groups in total. The Morgan fingerprint density at radius 1 is 1.24 bits per heavy atom. The van der Waals surface area contributed by atoms with E-state index in [-0.39, 0.29) is 12.2 Å². The number of esters is 1. The number of benzene rings is 1. The number of ether oxygens (including phenoxy) is 2. The molecule has 8 heteroatoms. The smallest absolute Gasteiger partial charge is 0.338 e. The van der Waals surface area contributed by atoms with Crippen LogP contribution in [-0.2, 0) is 22.7 Å². The molecule has 0 atom stereocenters. The Labute approximate surface area is 147 Å². The van der Waals surface area contributed by atoms with Gasteiger partial charge in [0.1, 0.15) is 18.2 Å². The van der Waals surface area contributed by atoms with E-state index in [0.717, 1.165) is 5.56 Å². The quantitative estimate of drug-likeness (QED) is 0.628. The number of carbonyl (C=O) groups is 1. The van der Waals surface area contributed by atoms with Gasteiger partial charge < -0.3 is 9.47 Å². The Hall–Kier alpha value is -2.58. The van der Waals surface area contributed by atoms with Crippen molar-refractivity contribution in [2.75, 3.05) is 6.61 Å². The van der Waals surface area contributed by atoms with Crippen LogP contribution in [0.25, 0.3) is 4.96 Å². The minimum atomic E-state index is -0.455. The fourth-order valence-electron chi connectivity index (χ4n) is 2.13. The number of hydrogen-bond acceptors (Lipinski definition) is 7. The van der Waals surface area contributed by atoms with E-state index in [2.05, 4.69) is 10.1 Å². The van der Waals surface area contributed by atoms with Crippen LogP contribution < -0.4 is 5.56 Å². The van der Waals surface area contributed by atoms with E-state index in [1.807, 2.05) is 26.0 Å². The third-order valence-corrected chi connectivity index (χ3v) is 4.29. The summed E-state index contributed by atoms with van der Waals surface area (Å²) in [6.45, 7) is 4.66. The Morgan fingerprint density at radius 3 is 2.72 bits per heavy atom. The molecule has 2 aromatic heterocycles. The van der Waals surface area contributed by atoms with Gasteiger partial charge in [-0.3, -0.25) is 4.79 Å². The molecule has 25 heavy (non-hydrogen) atoms. The fourth-order valence-corrected chi connectivity index (χ4v) is 2.99. The number of fused-ring (bicyclic) bond motifs is 1. The van der Waals surface area contributed by atoms with Gasteiger partial charge in [-0.2, -0.15) is 9.61 Å². The van der Waals surface area contributed by atoms with Gasteiger partial charge in [-0.25, -0.2) is 9.78 Å². The van der Waals surface area contributed by atoms with E-state index >= 15 is 0 Å². The molecule has 130 valence electrons. The molecule has 3 rings (SSSR count). The molecule has 3 aromatic rings. The van der Waals surface area contributed by atoms with Crippen molar-refractivity contribution in [3.63, 3.8) is 0 Å². The molecule has 0 aliphatic rings. The van der Waals surface area contributed by atoms with Crippen LogP contribution in [0.2, 0.25) is 0 Å². The van der Waals surface area contributed by atoms with Gasteiger partial charge in [0.15, 0.2) is 0 Å². The minimum absolute atomic E-state index is 0.0723. The summed E-state index contributed by atoms with van der Waals surface area (Å²) in [6.07, 6.45) is 0. The Kier molecular flexibility index (Phi) is 5.20. The molecule has 0 saturated carbocycles. The van der Waals surface area contributed by atoms with Crippen molar-refractivity contribution in [1.29, 1.82) is 0 Å². The second-order valence-corrected chi connectivity index (χ2v) is 6.40. The lowest BCUT2D eigenvalue weighted by Gasteiger charge is -2.04. The van der Waals surface area contributed by atoms with Crippen molar-refractivity contribution >= 4 is 22.3 Å². The first kappa shape index (κ1) is 17.2. The molecule has 2 heterocycles. The number of hydrogen-bond donors (Lipinski definition) is 0. The van der Waals surface area contributed by atoms with Gasteiger partial charge in [0, 0.05) is 12.7 Å². The highest BCUT2D eigenvalue weighted by Crippen LogP contribution is 2.13. The average molecular weight is 359 g/mol. The van der Waals surface area contributed by atoms with Crippen molar-refractivity contribution in [1.82, 2.24) is 14.6 Å². The van der Waals surface area contributed by atoms with Crippen molar-refractivity contribution < 1.29 is 14.3 Å². The predicted molar refractivity (Wildman–Crippen MR) is 92.8 cm³/mol. The number of aryl methyl sites for hydroxylation is 1. The maximum absolute atomic E-state index is 12.1. The third kappa shape index (κ3) is 4.09. The maximum Gasteiger partial charge on any atom is 0.338 e. The Balaban J connectivity index is 1.74. The van der Waals surface area contributed by atoms with E-state index in [1.165, 1.54) is 21.9 Å². The standard InChI is InChI=1S/C17H17N3O4S/c1-3-23-10-14-19-20-15(21)8-13(18-17(20)25-14)9-24-16(22)12-6-4-11(2)5-7-12/h4-8H,3,9-10H2,1-2H3. The van der Waals surface area contributed by atoms with Crippen LogP contribution >= 0.6 is 11.3 Å². The van der Waals surface area contributed by atoms with Crippen LogP contribution in [0.4, 0.5) is 0 Å². The van der Waals surface area contributed by atoms with Crippen molar-refractivity contribution in [3.8, 4) is 0 Å². The van der Waals surface area contributed by atoms with Gasteiger partial charge in [-0.05, 0) is 26.0 Å².